The lowest BCUT2D eigenvalue weighted by atomic mass is 9.90. The Morgan fingerprint density at radius 3 is 3.08 bits per heavy atom. The minimum atomic E-state index is -0.543. The van der Waals surface area contributed by atoms with Crippen LogP contribution in [0.15, 0.2) is 24.5 Å². The molecule has 0 aliphatic carbocycles. The number of halogens is 2. The number of hydrogen-bond acceptors (Lipinski definition) is 5. The fourth-order valence-electron chi connectivity index (χ4n) is 3.21. The molecule has 1 fully saturated rings. The minimum absolute atomic E-state index is 0.103. The van der Waals surface area contributed by atoms with E-state index in [0.29, 0.717) is 42.7 Å². The Labute approximate surface area is 143 Å². The molecule has 1 saturated heterocycles. The van der Waals surface area contributed by atoms with Crippen LogP contribution in [0.4, 0.5) is 4.39 Å². The van der Waals surface area contributed by atoms with Crippen LogP contribution in [-0.4, -0.2) is 29.8 Å². The fourth-order valence-corrected chi connectivity index (χ4v) is 3.39. The molecule has 2 aromatic heterocycles. The summed E-state index contributed by atoms with van der Waals surface area (Å²) in [5.41, 5.74) is 1.64. The molecular weight excluding hydrogens is 335 g/mol. The van der Waals surface area contributed by atoms with Crippen molar-refractivity contribution < 1.29 is 18.6 Å². The van der Waals surface area contributed by atoms with Gasteiger partial charge in [0.2, 0.25) is 0 Å². The maximum atomic E-state index is 13.7. The van der Waals surface area contributed by atoms with E-state index in [-0.39, 0.29) is 6.61 Å². The van der Waals surface area contributed by atoms with E-state index in [2.05, 4.69) is 9.97 Å². The topological polar surface area (TPSA) is 53.5 Å². The maximum absolute atomic E-state index is 13.7. The van der Waals surface area contributed by atoms with Crippen molar-refractivity contribution in [2.75, 3.05) is 19.8 Å². The van der Waals surface area contributed by atoms with Crippen LogP contribution < -0.4 is 4.74 Å². The van der Waals surface area contributed by atoms with Crippen LogP contribution in [0, 0.1) is 5.82 Å². The van der Waals surface area contributed by atoms with Crippen molar-refractivity contribution >= 4 is 11.6 Å². The second-order valence-electron chi connectivity index (χ2n) is 5.92. The Kier molecular flexibility index (Phi) is 4.12. The number of ether oxygens (including phenoxy) is 3. The zero-order valence-corrected chi connectivity index (χ0v) is 13.7. The van der Waals surface area contributed by atoms with Crippen LogP contribution in [0.2, 0.25) is 5.15 Å². The summed E-state index contributed by atoms with van der Waals surface area (Å²) < 4.78 is 31.1. The van der Waals surface area contributed by atoms with Crippen LogP contribution in [0.5, 0.6) is 5.75 Å². The SMILES string of the molecule is Fc1cnccc1COc1cc(Cl)nc2c1CCOC21CCOC1. The molecule has 2 aliphatic rings. The van der Waals surface area contributed by atoms with Gasteiger partial charge in [0.1, 0.15) is 28.9 Å². The van der Waals surface area contributed by atoms with E-state index in [1.807, 2.05) is 0 Å². The highest BCUT2D eigenvalue weighted by atomic mass is 35.5. The summed E-state index contributed by atoms with van der Waals surface area (Å²) in [6, 6.07) is 3.27. The molecule has 0 saturated carbocycles. The second-order valence-corrected chi connectivity index (χ2v) is 6.31. The van der Waals surface area contributed by atoms with Gasteiger partial charge >= 0.3 is 0 Å². The van der Waals surface area contributed by atoms with Crippen LogP contribution >= 0.6 is 11.6 Å². The molecule has 2 aromatic rings. The molecule has 1 unspecified atom stereocenters. The highest BCUT2D eigenvalue weighted by molar-refractivity contribution is 6.29. The highest BCUT2D eigenvalue weighted by Crippen LogP contribution is 2.42. The summed E-state index contributed by atoms with van der Waals surface area (Å²) in [6.07, 6.45) is 4.13. The van der Waals surface area contributed by atoms with Gasteiger partial charge in [0.05, 0.1) is 25.1 Å². The molecule has 4 heterocycles. The molecular formula is C17H16ClFN2O3. The Morgan fingerprint density at radius 2 is 2.29 bits per heavy atom. The van der Waals surface area contributed by atoms with Gasteiger partial charge in [-0.1, -0.05) is 11.6 Å². The third-order valence-electron chi connectivity index (χ3n) is 4.44. The summed E-state index contributed by atoms with van der Waals surface area (Å²) in [4.78, 5) is 8.22. The summed E-state index contributed by atoms with van der Waals surface area (Å²) in [6.45, 7) is 1.77. The Hall–Kier alpha value is -1.76. The number of pyridine rings is 2. The summed E-state index contributed by atoms with van der Waals surface area (Å²) >= 11 is 6.18. The third kappa shape index (κ3) is 2.75. The van der Waals surface area contributed by atoms with Gasteiger partial charge in [-0.15, -0.1) is 0 Å². The lowest BCUT2D eigenvalue weighted by molar-refractivity contribution is -0.0670. The molecule has 0 aromatic carbocycles. The molecule has 2 aliphatic heterocycles. The Bertz CT molecular complexity index is 765. The standard InChI is InChI=1S/C17H16ClFN2O3/c18-15-7-14(23-9-11-1-4-20-8-13(11)19)12-2-5-24-17(16(12)21-15)3-6-22-10-17/h1,4,7-8H,2-3,5-6,9-10H2. The molecule has 24 heavy (non-hydrogen) atoms. The summed E-state index contributed by atoms with van der Waals surface area (Å²) in [5, 5.41) is 0.329. The van der Waals surface area contributed by atoms with Crippen molar-refractivity contribution in [3.63, 3.8) is 0 Å². The number of rotatable bonds is 3. The van der Waals surface area contributed by atoms with Gasteiger partial charge in [-0.25, -0.2) is 9.37 Å². The average Bonchev–Trinajstić information content (AvgIpc) is 3.04. The maximum Gasteiger partial charge on any atom is 0.148 e. The predicted molar refractivity (Wildman–Crippen MR) is 84.5 cm³/mol. The van der Waals surface area contributed by atoms with Crippen molar-refractivity contribution in [1.82, 2.24) is 9.97 Å². The normalized spacial score (nSPS) is 22.6. The van der Waals surface area contributed by atoms with Gasteiger partial charge in [-0.3, -0.25) is 4.98 Å². The van der Waals surface area contributed by atoms with Crippen molar-refractivity contribution in [2.24, 2.45) is 0 Å². The van der Waals surface area contributed by atoms with E-state index in [0.717, 1.165) is 17.7 Å². The zero-order valence-electron chi connectivity index (χ0n) is 12.9. The first-order chi connectivity index (χ1) is 11.7. The van der Waals surface area contributed by atoms with Crippen molar-refractivity contribution in [2.45, 2.75) is 25.0 Å². The molecule has 1 atom stereocenters. The molecule has 126 valence electrons. The second kappa shape index (κ2) is 6.27. The number of nitrogens with zero attached hydrogens (tertiary/aromatic N) is 2. The Morgan fingerprint density at radius 1 is 1.38 bits per heavy atom. The van der Waals surface area contributed by atoms with Crippen molar-refractivity contribution in [1.29, 1.82) is 0 Å². The monoisotopic (exact) mass is 350 g/mol. The molecule has 4 rings (SSSR count). The third-order valence-corrected chi connectivity index (χ3v) is 4.63. The number of fused-ring (bicyclic) bond motifs is 2. The van der Waals surface area contributed by atoms with Gasteiger partial charge < -0.3 is 14.2 Å². The fraction of sp³-hybridized carbons (Fsp3) is 0.412. The van der Waals surface area contributed by atoms with Gasteiger partial charge in [0.15, 0.2) is 0 Å². The minimum Gasteiger partial charge on any atom is -0.488 e. The van der Waals surface area contributed by atoms with Gasteiger partial charge in [-0.05, 0) is 6.07 Å². The smallest absolute Gasteiger partial charge is 0.148 e. The molecule has 1 spiro atoms. The van der Waals surface area contributed by atoms with Crippen LogP contribution in [0.25, 0.3) is 0 Å². The summed E-state index contributed by atoms with van der Waals surface area (Å²) in [5.74, 6) is 0.228. The first-order valence-corrected chi connectivity index (χ1v) is 8.18. The van der Waals surface area contributed by atoms with E-state index >= 15 is 0 Å². The zero-order chi connectivity index (χ0) is 16.6. The van der Waals surface area contributed by atoms with Crippen LogP contribution in [0.3, 0.4) is 0 Å². The Balaban J connectivity index is 1.67. The lowest BCUT2D eigenvalue weighted by Crippen LogP contribution is -2.37. The van der Waals surface area contributed by atoms with Gasteiger partial charge in [-0.2, -0.15) is 0 Å². The number of hydrogen-bond donors (Lipinski definition) is 0. The quantitative estimate of drug-likeness (QED) is 0.796. The summed E-state index contributed by atoms with van der Waals surface area (Å²) in [7, 11) is 0. The van der Waals surface area contributed by atoms with E-state index < -0.39 is 11.4 Å². The molecule has 0 N–H and O–H groups in total. The average molecular weight is 351 g/mol. The number of aromatic nitrogens is 2. The van der Waals surface area contributed by atoms with E-state index in [9.17, 15) is 4.39 Å². The van der Waals surface area contributed by atoms with Crippen molar-refractivity contribution in [3.8, 4) is 5.75 Å². The van der Waals surface area contributed by atoms with Crippen molar-refractivity contribution in [3.05, 3.63) is 52.3 Å². The predicted octanol–water partition coefficient (Wildman–Crippen LogP) is 3.04. The van der Waals surface area contributed by atoms with E-state index in [4.69, 9.17) is 25.8 Å². The largest absolute Gasteiger partial charge is 0.488 e. The molecule has 7 heteroatoms. The lowest BCUT2D eigenvalue weighted by Gasteiger charge is -2.34. The first kappa shape index (κ1) is 15.7. The van der Waals surface area contributed by atoms with Gasteiger partial charge in [0.25, 0.3) is 0 Å². The van der Waals surface area contributed by atoms with Crippen LogP contribution in [-0.2, 0) is 28.1 Å². The molecule has 0 amide bonds. The highest BCUT2D eigenvalue weighted by Gasteiger charge is 2.44. The van der Waals surface area contributed by atoms with Crippen LogP contribution in [0.1, 0.15) is 23.2 Å². The molecule has 5 nitrogen and oxygen atoms in total. The molecule has 0 bridgehead atoms. The molecule has 0 radical (unpaired) electrons. The first-order valence-electron chi connectivity index (χ1n) is 7.81. The van der Waals surface area contributed by atoms with Gasteiger partial charge in [0, 0.05) is 42.8 Å². The van der Waals surface area contributed by atoms with E-state index in [1.165, 1.54) is 12.4 Å². The van der Waals surface area contributed by atoms with E-state index in [1.54, 1.807) is 12.1 Å².